The Morgan fingerprint density at radius 2 is 1.27 bits per heavy atom. The number of carbonyl (C=O) groups excluding carboxylic acids is 8. The van der Waals surface area contributed by atoms with Crippen LogP contribution in [-0.2, 0) is 73.5 Å². The first-order chi connectivity index (χ1) is 43.1. The van der Waals surface area contributed by atoms with Gasteiger partial charge in [-0.25, -0.2) is 9.59 Å². The number of carbonyl (C=O) groups is 8. The third kappa shape index (κ3) is 19.5. The number of aromatic hydroxyl groups is 1. The average Bonchev–Trinajstić information content (AvgIpc) is 1.45. The molecule has 0 unspecified atom stereocenters. The number of piperidine rings is 1. The van der Waals surface area contributed by atoms with Crippen molar-refractivity contribution in [3.63, 3.8) is 0 Å². The predicted octanol–water partition coefficient (Wildman–Crippen LogP) is 6.76. The first-order valence-electron chi connectivity index (χ1n) is 30.2. The van der Waals surface area contributed by atoms with Gasteiger partial charge < -0.3 is 63.8 Å². The quantitative estimate of drug-likeness (QED) is 0.109. The highest BCUT2D eigenvalue weighted by Gasteiger charge is 2.38. The van der Waals surface area contributed by atoms with Crippen LogP contribution in [-0.4, -0.2) is 172 Å². The maximum atomic E-state index is 14.9. The van der Waals surface area contributed by atoms with E-state index < -0.39 is 90.3 Å². The molecule has 1 fully saturated rings. The molecular formula is C69H84N6O15. The van der Waals surface area contributed by atoms with Crippen LogP contribution in [0.1, 0.15) is 86.3 Å². The normalized spacial score (nSPS) is 21.0. The van der Waals surface area contributed by atoms with Gasteiger partial charge in [0.15, 0.2) is 18.1 Å². The number of rotatable bonds is 12. The van der Waals surface area contributed by atoms with E-state index in [0.29, 0.717) is 66.2 Å². The van der Waals surface area contributed by atoms with Crippen molar-refractivity contribution in [1.29, 1.82) is 0 Å². The molecule has 90 heavy (non-hydrogen) atoms. The molecule has 1 saturated heterocycles. The van der Waals surface area contributed by atoms with Crippen molar-refractivity contribution in [1.82, 2.24) is 30.2 Å². The maximum absolute atomic E-state index is 14.9. The van der Waals surface area contributed by atoms with Gasteiger partial charge in [-0.2, -0.15) is 0 Å². The summed E-state index contributed by atoms with van der Waals surface area (Å²) in [7, 11) is 9.01. The minimum Gasteiger partial charge on any atom is -0.508 e. The molecule has 3 N–H and O–H groups in total. The van der Waals surface area contributed by atoms with E-state index in [1.165, 1.54) is 68.3 Å². The summed E-state index contributed by atoms with van der Waals surface area (Å²) in [5.74, 6) is -2.99. The van der Waals surface area contributed by atoms with E-state index >= 15 is 0 Å². The number of aryl methyl sites for hydroxylation is 1. The Bertz CT molecular complexity index is 3300. The lowest BCUT2D eigenvalue weighted by Crippen LogP contribution is -2.57. The second kappa shape index (κ2) is 32.7. The number of fused-ring (bicyclic) bond motifs is 3. The molecule has 480 valence electrons. The van der Waals surface area contributed by atoms with Crippen molar-refractivity contribution in [2.24, 2.45) is 5.41 Å². The summed E-state index contributed by atoms with van der Waals surface area (Å²) in [5, 5.41) is 15.9. The van der Waals surface area contributed by atoms with E-state index in [1.807, 2.05) is 36.4 Å². The summed E-state index contributed by atoms with van der Waals surface area (Å²) in [4.78, 5) is 120. The Kier molecular flexibility index (Phi) is 24.8. The number of ether oxygens (including phenoxy) is 6. The average molecular weight is 1240 g/mol. The zero-order valence-electron chi connectivity index (χ0n) is 52.6. The molecular weight excluding hydrogens is 1150 g/mol. The summed E-state index contributed by atoms with van der Waals surface area (Å²) in [5.41, 5.74) is 2.42. The molecule has 5 aromatic rings. The number of benzene rings is 5. The van der Waals surface area contributed by atoms with Crippen molar-refractivity contribution in [2.75, 3.05) is 75.3 Å². The molecule has 2 aliphatic heterocycles. The van der Waals surface area contributed by atoms with Gasteiger partial charge in [-0.1, -0.05) is 105 Å². The van der Waals surface area contributed by atoms with Gasteiger partial charge in [0.05, 0.1) is 34.5 Å². The van der Waals surface area contributed by atoms with Gasteiger partial charge >= 0.3 is 11.9 Å². The molecule has 2 bridgehead atoms. The third-order valence-corrected chi connectivity index (χ3v) is 16.0. The number of esters is 2. The predicted molar refractivity (Wildman–Crippen MR) is 335 cm³/mol. The topological polar surface area (TPSA) is 249 Å². The number of nitrogens with zero attached hydrogens (tertiary/aromatic N) is 4. The van der Waals surface area contributed by atoms with E-state index in [2.05, 4.69) is 10.6 Å². The number of likely N-dealkylation sites (N-methyl/N-ethyl adjacent to an activating group) is 3. The lowest BCUT2D eigenvalue weighted by atomic mass is 9.88. The van der Waals surface area contributed by atoms with Gasteiger partial charge in [0.25, 0.3) is 5.91 Å². The zero-order valence-corrected chi connectivity index (χ0v) is 52.6. The third-order valence-electron chi connectivity index (χ3n) is 16.0. The van der Waals surface area contributed by atoms with E-state index in [0.717, 1.165) is 11.1 Å². The fraction of sp³-hybridized carbons (Fsp3) is 0.420. The fourth-order valence-electron chi connectivity index (χ4n) is 10.9. The van der Waals surface area contributed by atoms with Crippen molar-refractivity contribution in [3.05, 3.63) is 161 Å². The van der Waals surface area contributed by atoms with Crippen LogP contribution in [0.2, 0.25) is 0 Å². The molecule has 6 amide bonds. The van der Waals surface area contributed by atoms with Crippen LogP contribution in [0.4, 0.5) is 0 Å². The minimum absolute atomic E-state index is 0.000341. The summed E-state index contributed by atoms with van der Waals surface area (Å²) < 4.78 is 35.2. The number of amides is 6. The summed E-state index contributed by atoms with van der Waals surface area (Å²) in [6, 6.07) is 30.0. The number of hydrogen-bond acceptors (Lipinski definition) is 15. The Balaban J connectivity index is 1.22. The number of phenols is 1. The largest absolute Gasteiger partial charge is 0.508 e. The van der Waals surface area contributed by atoms with Crippen molar-refractivity contribution >= 4 is 47.4 Å². The fourth-order valence-corrected chi connectivity index (χ4v) is 10.9. The van der Waals surface area contributed by atoms with Crippen molar-refractivity contribution < 1.29 is 71.9 Å². The lowest BCUT2D eigenvalue weighted by Gasteiger charge is -2.37. The molecule has 0 saturated carbocycles. The monoisotopic (exact) mass is 1240 g/mol. The van der Waals surface area contributed by atoms with E-state index in [4.69, 9.17) is 28.4 Å². The standard InChI is InChI=1S/C69H84N6O15/c1-69(2)42-62(78)75-35-18-15-26-55(75)68(84)90-57(33-30-50-40-59(86-7)60(87-8)41-58(50)85-6)49-24-19-25-52(39-49)88-44-63(79)74(5)56(38-48-28-31-51(76)32-29-48)65(81)71-54(37-47-22-13-10-14-23-47)67(83)73(4)43-61(77)70-53(36-46-20-11-9-12-21-46)66(82)72(3)34-17-16-27-64(80)89-45-69/h9-14,16,19-25,27-29,31-32,39-41,53-57,76H,15,17-18,26,30,33-38,42-45H2,1-8H3,(H,70,77)(H,71,81)/t53-,54-,55+,56+,57-/m1/s1. The molecule has 0 spiro atoms. The molecule has 0 aromatic heterocycles. The van der Waals surface area contributed by atoms with Gasteiger partial charge in [-0.3, -0.25) is 28.8 Å². The van der Waals surface area contributed by atoms with Crippen LogP contribution in [0, 0.1) is 5.41 Å². The molecule has 5 aromatic carbocycles. The van der Waals surface area contributed by atoms with Crippen molar-refractivity contribution in [2.45, 2.75) is 108 Å². The van der Waals surface area contributed by atoms with Crippen molar-refractivity contribution in [3.8, 4) is 28.7 Å². The summed E-state index contributed by atoms with van der Waals surface area (Å²) in [6.45, 7) is 2.87. The molecule has 2 aliphatic rings. The van der Waals surface area contributed by atoms with Crippen LogP contribution in [0.25, 0.3) is 0 Å². The van der Waals surface area contributed by atoms with Crippen LogP contribution in [0.5, 0.6) is 28.7 Å². The number of nitrogens with one attached hydrogen (secondary N) is 2. The summed E-state index contributed by atoms with van der Waals surface area (Å²) in [6.07, 6.45) is 4.34. The Morgan fingerprint density at radius 1 is 0.644 bits per heavy atom. The van der Waals surface area contributed by atoms with E-state index in [-0.39, 0.29) is 69.1 Å². The van der Waals surface area contributed by atoms with Gasteiger partial charge in [0.1, 0.15) is 47.5 Å². The van der Waals surface area contributed by atoms with E-state index in [9.17, 15) is 43.5 Å². The molecule has 5 atom stereocenters. The SMILES string of the molecule is COc1cc(OC)c(OC)cc1CC[C@H]1OC(=O)[C@@H]2CCCCN2C(=O)CC(C)(C)COC(=O)C=CCCN(C)C(=O)[C@@H](Cc2ccccc2)NC(=O)CN(C)C(=O)[C@@H](Cc2ccccc2)NC(=O)[C@H](Cc2ccc(O)cc2)N(C)C(=O)COc2cccc1c2. The highest BCUT2D eigenvalue weighted by Crippen LogP contribution is 2.38. The molecule has 7 rings (SSSR count). The molecule has 0 radical (unpaired) electrons. The van der Waals surface area contributed by atoms with Crippen LogP contribution >= 0.6 is 0 Å². The Morgan fingerprint density at radius 3 is 1.92 bits per heavy atom. The van der Waals surface area contributed by atoms with Crippen LogP contribution in [0.3, 0.4) is 0 Å². The van der Waals surface area contributed by atoms with Crippen LogP contribution in [0.15, 0.2) is 133 Å². The number of hydrogen-bond donors (Lipinski definition) is 3. The van der Waals surface area contributed by atoms with E-state index in [1.54, 1.807) is 105 Å². The second-order valence-electron chi connectivity index (χ2n) is 23.5. The molecule has 0 aliphatic carbocycles. The van der Waals surface area contributed by atoms with Crippen LogP contribution < -0.4 is 29.6 Å². The first kappa shape index (κ1) is 68.1. The van der Waals surface area contributed by atoms with Gasteiger partial charge in [-0.05, 0) is 96.7 Å². The zero-order chi connectivity index (χ0) is 64.9. The highest BCUT2D eigenvalue weighted by atomic mass is 16.5. The summed E-state index contributed by atoms with van der Waals surface area (Å²) >= 11 is 0. The highest BCUT2D eigenvalue weighted by molar-refractivity contribution is 5.95. The molecule has 2 heterocycles. The number of cyclic esters (lactones) is 2. The maximum Gasteiger partial charge on any atom is 0.330 e. The number of phenolic OH excluding ortho intramolecular Hbond substituents is 1. The Labute approximate surface area is 526 Å². The molecule has 21 nitrogen and oxygen atoms in total. The van der Waals surface area contributed by atoms with Gasteiger partial charge in [0.2, 0.25) is 29.5 Å². The number of methoxy groups -OCH3 is 3. The Hall–Kier alpha value is -9.40. The van der Waals surface area contributed by atoms with Gasteiger partial charge in [-0.15, -0.1) is 0 Å². The second-order valence-corrected chi connectivity index (χ2v) is 23.5. The minimum atomic E-state index is -1.26. The first-order valence-corrected chi connectivity index (χ1v) is 30.2. The lowest BCUT2D eigenvalue weighted by molar-refractivity contribution is -0.163. The van der Waals surface area contributed by atoms with Gasteiger partial charge in [0, 0.05) is 77.5 Å². The smallest absolute Gasteiger partial charge is 0.330 e. The molecule has 21 heteroatoms.